The van der Waals surface area contributed by atoms with Crippen molar-refractivity contribution in [1.82, 2.24) is 25.3 Å². The zero-order valence-corrected chi connectivity index (χ0v) is 19.1. The Morgan fingerprint density at radius 2 is 1.80 bits per heavy atom. The third kappa shape index (κ3) is 7.56. The van der Waals surface area contributed by atoms with Crippen molar-refractivity contribution in [2.24, 2.45) is 4.99 Å². The maximum atomic E-state index is 4.88. The molecule has 0 amide bonds. The normalized spacial score (nSPS) is 25.0. The van der Waals surface area contributed by atoms with E-state index in [2.05, 4.69) is 60.2 Å². The second-order valence-electron chi connectivity index (χ2n) is 7.66. The number of nitrogens with one attached hydrogen (secondary N) is 2. The molecule has 0 aromatic heterocycles. The zero-order chi connectivity index (χ0) is 17.5. The predicted octanol–water partition coefficient (Wildman–Crippen LogP) is 1.28. The second-order valence-corrected chi connectivity index (χ2v) is 7.66. The van der Waals surface area contributed by atoms with Crippen LogP contribution in [0.5, 0.6) is 0 Å². The first-order valence-corrected chi connectivity index (χ1v) is 9.67. The molecule has 2 saturated heterocycles. The third-order valence-electron chi connectivity index (χ3n) is 5.39. The lowest BCUT2D eigenvalue weighted by molar-refractivity contribution is 0.119. The Morgan fingerprint density at radius 3 is 2.40 bits per heavy atom. The molecule has 1 atom stereocenters. The number of halogens is 1. The van der Waals surface area contributed by atoms with Crippen LogP contribution in [-0.2, 0) is 0 Å². The molecule has 2 rings (SSSR count). The molecule has 0 aromatic carbocycles. The number of piperidine rings is 1. The standard InChI is InChI=1S/C18H38N6.HI/c1-6-19-18(20-13-17-14-22(4)11-12-23(17)5)21-16-7-9-24(10-8-16)15(2)3;/h15-17H,6-14H2,1-5H3,(H2,19,20,21);1H. The minimum atomic E-state index is 0. The summed E-state index contributed by atoms with van der Waals surface area (Å²) in [5.41, 5.74) is 0. The molecular formula is C18H39IN6. The molecule has 25 heavy (non-hydrogen) atoms. The molecule has 0 bridgehead atoms. The molecule has 0 aromatic rings. The van der Waals surface area contributed by atoms with Gasteiger partial charge in [0.25, 0.3) is 0 Å². The Hall–Kier alpha value is -0.120. The summed E-state index contributed by atoms with van der Waals surface area (Å²) < 4.78 is 0. The van der Waals surface area contributed by atoms with Crippen LogP contribution >= 0.6 is 24.0 Å². The minimum absolute atomic E-state index is 0. The third-order valence-corrected chi connectivity index (χ3v) is 5.39. The van der Waals surface area contributed by atoms with E-state index in [9.17, 15) is 0 Å². The maximum absolute atomic E-state index is 4.88. The molecule has 0 aliphatic carbocycles. The number of guanidine groups is 1. The second kappa shape index (κ2) is 11.6. The van der Waals surface area contributed by atoms with Gasteiger partial charge in [-0.1, -0.05) is 0 Å². The van der Waals surface area contributed by atoms with Gasteiger partial charge in [0.15, 0.2) is 5.96 Å². The van der Waals surface area contributed by atoms with Gasteiger partial charge in [-0.3, -0.25) is 9.89 Å². The molecule has 0 saturated carbocycles. The molecule has 148 valence electrons. The summed E-state index contributed by atoms with van der Waals surface area (Å²) in [6, 6.07) is 1.72. The molecule has 0 radical (unpaired) electrons. The summed E-state index contributed by atoms with van der Waals surface area (Å²) >= 11 is 0. The van der Waals surface area contributed by atoms with Crippen molar-refractivity contribution >= 4 is 29.9 Å². The van der Waals surface area contributed by atoms with Crippen molar-refractivity contribution in [2.45, 2.75) is 51.7 Å². The number of nitrogens with zero attached hydrogens (tertiary/aromatic N) is 4. The van der Waals surface area contributed by atoms with Crippen LogP contribution in [-0.4, -0.2) is 98.7 Å². The van der Waals surface area contributed by atoms with E-state index in [1.807, 2.05) is 0 Å². The van der Waals surface area contributed by atoms with Crippen molar-refractivity contribution in [3.05, 3.63) is 0 Å². The van der Waals surface area contributed by atoms with Gasteiger partial charge in [0.1, 0.15) is 0 Å². The summed E-state index contributed by atoms with van der Waals surface area (Å²) in [6.45, 7) is 14.3. The Balaban J connectivity index is 0.00000312. The number of likely N-dealkylation sites (N-methyl/N-ethyl adjacent to an activating group) is 2. The van der Waals surface area contributed by atoms with Crippen molar-refractivity contribution in [3.63, 3.8) is 0 Å². The fraction of sp³-hybridized carbons (Fsp3) is 0.944. The summed E-state index contributed by atoms with van der Waals surface area (Å²) in [5.74, 6) is 0.988. The Labute approximate surface area is 171 Å². The molecule has 2 fully saturated rings. The summed E-state index contributed by atoms with van der Waals surface area (Å²) in [6.07, 6.45) is 2.41. The lowest BCUT2D eigenvalue weighted by Crippen LogP contribution is -2.52. The molecule has 2 aliphatic rings. The first-order chi connectivity index (χ1) is 11.5. The van der Waals surface area contributed by atoms with E-state index in [1.54, 1.807) is 0 Å². The van der Waals surface area contributed by atoms with Gasteiger partial charge >= 0.3 is 0 Å². The number of hydrogen-bond donors (Lipinski definition) is 2. The van der Waals surface area contributed by atoms with E-state index in [-0.39, 0.29) is 24.0 Å². The highest BCUT2D eigenvalue weighted by molar-refractivity contribution is 14.0. The maximum Gasteiger partial charge on any atom is 0.191 e. The number of hydrogen-bond acceptors (Lipinski definition) is 4. The summed E-state index contributed by atoms with van der Waals surface area (Å²) in [4.78, 5) is 12.3. The van der Waals surface area contributed by atoms with Gasteiger partial charge in [-0.15, -0.1) is 24.0 Å². The summed E-state index contributed by atoms with van der Waals surface area (Å²) in [7, 11) is 4.42. The van der Waals surface area contributed by atoms with Crippen LogP contribution in [0.15, 0.2) is 4.99 Å². The van der Waals surface area contributed by atoms with Crippen LogP contribution in [0, 0.1) is 0 Å². The highest BCUT2D eigenvalue weighted by Crippen LogP contribution is 2.13. The SMILES string of the molecule is CCNC(=NCC1CN(C)CCN1C)NC1CCN(C(C)C)CC1.I. The van der Waals surface area contributed by atoms with Gasteiger partial charge in [-0.05, 0) is 47.7 Å². The largest absolute Gasteiger partial charge is 0.357 e. The number of aliphatic imine (C=N–C) groups is 1. The quantitative estimate of drug-likeness (QED) is 0.363. The minimum Gasteiger partial charge on any atom is -0.357 e. The van der Waals surface area contributed by atoms with Gasteiger partial charge in [-0.2, -0.15) is 0 Å². The van der Waals surface area contributed by atoms with E-state index < -0.39 is 0 Å². The van der Waals surface area contributed by atoms with Crippen LogP contribution in [0.3, 0.4) is 0 Å². The van der Waals surface area contributed by atoms with E-state index in [1.165, 1.54) is 25.9 Å². The van der Waals surface area contributed by atoms with E-state index >= 15 is 0 Å². The first kappa shape index (κ1) is 22.9. The Morgan fingerprint density at radius 1 is 1.12 bits per heavy atom. The zero-order valence-electron chi connectivity index (χ0n) is 16.8. The average molecular weight is 466 g/mol. The van der Waals surface area contributed by atoms with Crippen molar-refractivity contribution in [1.29, 1.82) is 0 Å². The number of piperazine rings is 1. The lowest BCUT2D eigenvalue weighted by Gasteiger charge is -2.37. The Kier molecular flexibility index (Phi) is 10.6. The molecule has 1 unspecified atom stereocenters. The number of likely N-dealkylation sites (tertiary alicyclic amines) is 1. The van der Waals surface area contributed by atoms with Crippen LogP contribution in [0.4, 0.5) is 0 Å². The van der Waals surface area contributed by atoms with Crippen molar-refractivity contribution in [3.8, 4) is 0 Å². The van der Waals surface area contributed by atoms with Crippen LogP contribution in [0.2, 0.25) is 0 Å². The molecule has 2 heterocycles. The van der Waals surface area contributed by atoms with Crippen LogP contribution in [0.25, 0.3) is 0 Å². The van der Waals surface area contributed by atoms with E-state index in [0.29, 0.717) is 18.1 Å². The highest BCUT2D eigenvalue weighted by Gasteiger charge is 2.23. The molecule has 0 spiro atoms. The molecule has 6 nitrogen and oxygen atoms in total. The fourth-order valence-electron chi connectivity index (χ4n) is 3.57. The Bertz CT molecular complexity index is 395. The molecule has 2 aliphatic heterocycles. The van der Waals surface area contributed by atoms with Crippen LogP contribution < -0.4 is 10.6 Å². The van der Waals surface area contributed by atoms with Crippen molar-refractivity contribution in [2.75, 3.05) is 59.9 Å². The number of rotatable bonds is 5. The van der Waals surface area contributed by atoms with E-state index in [4.69, 9.17) is 4.99 Å². The monoisotopic (exact) mass is 466 g/mol. The van der Waals surface area contributed by atoms with Gasteiger partial charge in [0.2, 0.25) is 0 Å². The average Bonchev–Trinajstić information content (AvgIpc) is 2.56. The van der Waals surface area contributed by atoms with E-state index in [0.717, 1.165) is 38.7 Å². The molecule has 7 heteroatoms. The topological polar surface area (TPSA) is 46.1 Å². The summed E-state index contributed by atoms with van der Waals surface area (Å²) in [5, 5.41) is 7.08. The molecule has 2 N–H and O–H groups in total. The van der Waals surface area contributed by atoms with Gasteiger partial charge < -0.3 is 20.4 Å². The molecular weight excluding hydrogens is 427 g/mol. The lowest BCUT2D eigenvalue weighted by atomic mass is 10.0. The predicted molar refractivity (Wildman–Crippen MR) is 118 cm³/mol. The van der Waals surface area contributed by atoms with Gasteiger partial charge in [-0.25, -0.2) is 0 Å². The smallest absolute Gasteiger partial charge is 0.191 e. The van der Waals surface area contributed by atoms with Crippen molar-refractivity contribution < 1.29 is 0 Å². The van der Waals surface area contributed by atoms with Crippen LogP contribution in [0.1, 0.15) is 33.6 Å². The van der Waals surface area contributed by atoms with Gasteiger partial charge in [0.05, 0.1) is 6.54 Å². The first-order valence-electron chi connectivity index (χ1n) is 9.67. The highest BCUT2D eigenvalue weighted by atomic mass is 127. The fourth-order valence-corrected chi connectivity index (χ4v) is 3.57. The van der Waals surface area contributed by atoms with Gasteiger partial charge in [0, 0.05) is 57.4 Å².